The summed E-state index contributed by atoms with van der Waals surface area (Å²) in [4.78, 5) is 13.8. The van der Waals surface area contributed by atoms with Gasteiger partial charge in [0.15, 0.2) is 0 Å². The molecule has 4 rings (SSSR count). The number of nitrogens with one attached hydrogen (secondary N) is 1. The number of hydrogen-bond acceptors (Lipinski definition) is 3. The standard InChI is InChI=1S/C14H18N2O2/c17-14(16-7-12-6-13(8-16)15-12)10-18-9-11-4-2-1-3-5-11/h1-5,12-13,15H,6-10H2. The third-order valence-corrected chi connectivity index (χ3v) is 3.61. The van der Waals surface area contributed by atoms with Gasteiger partial charge in [-0.2, -0.15) is 0 Å². The summed E-state index contributed by atoms with van der Waals surface area (Å²) in [5.74, 6) is 0.113. The molecule has 3 heterocycles. The number of rotatable bonds is 4. The first kappa shape index (κ1) is 11.7. The van der Waals surface area contributed by atoms with Crippen molar-refractivity contribution in [2.24, 2.45) is 0 Å². The summed E-state index contributed by atoms with van der Waals surface area (Å²) < 4.78 is 5.47. The lowest BCUT2D eigenvalue weighted by molar-refractivity contribution is -0.140. The Bertz CT molecular complexity index is 405. The summed E-state index contributed by atoms with van der Waals surface area (Å²) in [5.41, 5.74) is 1.11. The Labute approximate surface area is 107 Å². The number of hydrogen-bond donors (Lipinski definition) is 1. The maximum absolute atomic E-state index is 11.9. The summed E-state index contributed by atoms with van der Waals surface area (Å²) in [5, 5.41) is 3.41. The van der Waals surface area contributed by atoms with Crippen LogP contribution in [0.25, 0.3) is 0 Å². The fraction of sp³-hybridized carbons (Fsp3) is 0.500. The van der Waals surface area contributed by atoms with Gasteiger partial charge in [-0.3, -0.25) is 4.79 Å². The maximum Gasteiger partial charge on any atom is 0.248 e. The van der Waals surface area contributed by atoms with E-state index in [0.717, 1.165) is 18.7 Å². The van der Waals surface area contributed by atoms with Crippen LogP contribution in [0.2, 0.25) is 0 Å². The van der Waals surface area contributed by atoms with Crippen LogP contribution in [0.15, 0.2) is 30.3 Å². The predicted molar refractivity (Wildman–Crippen MR) is 68.0 cm³/mol. The van der Waals surface area contributed by atoms with Gasteiger partial charge in [-0.05, 0) is 12.0 Å². The average Bonchev–Trinajstić information content (AvgIpc) is 2.39. The molecule has 1 N–H and O–H groups in total. The Morgan fingerprint density at radius 3 is 2.61 bits per heavy atom. The van der Waals surface area contributed by atoms with Crippen LogP contribution in [0, 0.1) is 0 Å². The van der Waals surface area contributed by atoms with Gasteiger partial charge in [0.2, 0.25) is 5.91 Å². The number of carbonyl (C=O) groups is 1. The summed E-state index contributed by atoms with van der Waals surface area (Å²) >= 11 is 0. The third kappa shape index (κ3) is 2.54. The summed E-state index contributed by atoms with van der Waals surface area (Å²) in [6.07, 6.45) is 1.22. The number of piperazine rings is 1. The molecular formula is C14H18N2O2. The molecule has 0 aromatic heterocycles. The highest BCUT2D eigenvalue weighted by Crippen LogP contribution is 2.20. The molecule has 3 aliphatic rings. The third-order valence-electron chi connectivity index (χ3n) is 3.61. The van der Waals surface area contributed by atoms with Crippen molar-refractivity contribution in [3.63, 3.8) is 0 Å². The first-order valence-electron chi connectivity index (χ1n) is 6.47. The topological polar surface area (TPSA) is 41.6 Å². The van der Waals surface area contributed by atoms with Crippen molar-refractivity contribution in [1.29, 1.82) is 0 Å². The van der Waals surface area contributed by atoms with Gasteiger partial charge in [0.05, 0.1) is 6.61 Å². The zero-order valence-corrected chi connectivity index (χ0v) is 10.3. The van der Waals surface area contributed by atoms with Crippen molar-refractivity contribution >= 4 is 5.91 Å². The number of nitrogens with zero attached hydrogens (tertiary/aromatic N) is 1. The SMILES string of the molecule is O=C(COCc1ccccc1)N1CC2CC(C1)N2. The summed E-state index contributed by atoms with van der Waals surface area (Å²) in [7, 11) is 0. The highest BCUT2D eigenvalue weighted by atomic mass is 16.5. The van der Waals surface area contributed by atoms with Crippen molar-refractivity contribution in [1.82, 2.24) is 10.2 Å². The molecule has 3 aliphatic heterocycles. The molecule has 1 aromatic carbocycles. The lowest BCUT2D eigenvalue weighted by Crippen LogP contribution is -2.67. The molecule has 3 fully saturated rings. The molecule has 4 nitrogen and oxygen atoms in total. The Hall–Kier alpha value is -1.39. The Morgan fingerprint density at radius 1 is 1.28 bits per heavy atom. The first-order valence-corrected chi connectivity index (χ1v) is 6.47. The zero-order valence-electron chi connectivity index (χ0n) is 10.3. The molecule has 1 amide bonds. The van der Waals surface area contributed by atoms with Crippen molar-refractivity contribution < 1.29 is 9.53 Å². The quantitative estimate of drug-likeness (QED) is 0.853. The van der Waals surface area contributed by atoms with E-state index in [9.17, 15) is 4.79 Å². The van der Waals surface area contributed by atoms with Crippen LogP contribution < -0.4 is 5.32 Å². The van der Waals surface area contributed by atoms with Gasteiger partial charge < -0.3 is 15.0 Å². The molecule has 18 heavy (non-hydrogen) atoms. The minimum absolute atomic E-state index is 0.113. The summed E-state index contributed by atoms with van der Waals surface area (Å²) in [6.45, 7) is 2.37. The van der Waals surface area contributed by atoms with E-state index < -0.39 is 0 Å². The van der Waals surface area contributed by atoms with Gasteiger partial charge in [0.25, 0.3) is 0 Å². The van der Waals surface area contributed by atoms with Gasteiger partial charge in [-0.25, -0.2) is 0 Å². The van der Waals surface area contributed by atoms with Crippen molar-refractivity contribution in [3.8, 4) is 0 Å². The lowest BCUT2D eigenvalue weighted by Gasteiger charge is -2.48. The van der Waals surface area contributed by atoms with E-state index in [1.54, 1.807) is 0 Å². The average molecular weight is 246 g/mol. The minimum atomic E-state index is 0.113. The molecule has 3 saturated heterocycles. The smallest absolute Gasteiger partial charge is 0.248 e. The van der Waals surface area contributed by atoms with E-state index in [4.69, 9.17) is 4.74 Å². The van der Waals surface area contributed by atoms with Crippen LogP contribution in [0.5, 0.6) is 0 Å². The molecule has 2 unspecified atom stereocenters. The van der Waals surface area contributed by atoms with Crippen LogP contribution in [0.4, 0.5) is 0 Å². The van der Waals surface area contributed by atoms with Crippen LogP contribution in [0.3, 0.4) is 0 Å². The normalized spacial score (nSPS) is 25.7. The van der Waals surface area contributed by atoms with E-state index in [1.807, 2.05) is 35.2 Å². The molecule has 2 bridgehead atoms. The molecule has 0 spiro atoms. The lowest BCUT2D eigenvalue weighted by atomic mass is 9.91. The maximum atomic E-state index is 11.9. The molecule has 4 heteroatoms. The molecule has 0 aliphatic carbocycles. The van der Waals surface area contributed by atoms with E-state index >= 15 is 0 Å². The van der Waals surface area contributed by atoms with Crippen LogP contribution >= 0.6 is 0 Å². The van der Waals surface area contributed by atoms with Crippen molar-refractivity contribution in [2.75, 3.05) is 19.7 Å². The fourth-order valence-electron chi connectivity index (χ4n) is 2.64. The van der Waals surface area contributed by atoms with Crippen molar-refractivity contribution in [3.05, 3.63) is 35.9 Å². The van der Waals surface area contributed by atoms with Gasteiger partial charge in [0.1, 0.15) is 6.61 Å². The number of amides is 1. The van der Waals surface area contributed by atoms with Gasteiger partial charge in [-0.1, -0.05) is 30.3 Å². The second kappa shape index (κ2) is 5.08. The largest absolute Gasteiger partial charge is 0.367 e. The second-order valence-electron chi connectivity index (χ2n) is 5.07. The Morgan fingerprint density at radius 2 is 1.94 bits per heavy atom. The molecule has 1 aromatic rings. The van der Waals surface area contributed by atoms with Crippen molar-refractivity contribution in [2.45, 2.75) is 25.1 Å². The van der Waals surface area contributed by atoms with E-state index in [2.05, 4.69) is 5.32 Å². The predicted octanol–water partition coefficient (Wildman–Crippen LogP) is 0.776. The minimum Gasteiger partial charge on any atom is -0.367 e. The van der Waals surface area contributed by atoms with E-state index in [1.165, 1.54) is 6.42 Å². The zero-order chi connectivity index (χ0) is 12.4. The van der Waals surface area contributed by atoms with Gasteiger partial charge >= 0.3 is 0 Å². The van der Waals surface area contributed by atoms with Crippen LogP contribution in [0.1, 0.15) is 12.0 Å². The summed E-state index contributed by atoms with van der Waals surface area (Å²) in [6, 6.07) is 11.0. The molecule has 2 atom stereocenters. The number of benzene rings is 1. The number of piperidine rings is 1. The number of carbonyl (C=O) groups excluding carboxylic acids is 1. The fourth-order valence-corrected chi connectivity index (χ4v) is 2.64. The second-order valence-corrected chi connectivity index (χ2v) is 5.07. The van der Waals surface area contributed by atoms with Crippen LogP contribution in [-0.4, -0.2) is 42.6 Å². The number of fused-ring (bicyclic) bond motifs is 2. The van der Waals surface area contributed by atoms with Crippen LogP contribution in [-0.2, 0) is 16.1 Å². The van der Waals surface area contributed by atoms with E-state index in [-0.39, 0.29) is 12.5 Å². The highest BCUT2D eigenvalue weighted by molar-refractivity contribution is 5.77. The first-order chi connectivity index (χ1) is 8.81. The monoisotopic (exact) mass is 246 g/mol. The molecule has 0 saturated carbocycles. The van der Waals surface area contributed by atoms with Gasteiger partial charge in [-0.15, -0.1) is 0 Å². The Kier molecular flexibility index (Phi) is 3.30. The highest BCUT2D eigenvalue weighted by Gasteiger charge is 2.37. The number of ether oxygens (including phenoxy) is 1. The molecule has 96 valence electrons. The molecule has 0 radical (unpaired) electrons. The van der Waals surface area contributed by atoms with Gasteiger partial charge in [0, 0.05) is 25.2 Å². The molecular weight excluding hydrogens is 228 g/mol. The van der Waals surface area contributed by atoms with E-state index in [0.29, 0.717) is 18.7 Å². The Balaban J connectivity index is 1.42.